The first-order valence-electron chi connectivity index (χ1n) is 6.67. The maximum atomic E-state index is 12.2. The van der Waals surface area contributed by atoms with Crippen LogP contribution in [0.15, 0.2) is 46.5 Å². The molecular weight excluding hydrogens is 300 g/mol. The Bertz CT molecular complexity index is 899. The third-order valence-corrected chi connectivity index (χ3v) is 4.32. The number of Topliss-reactive ketones (excluding diaryl/α,β-unsaturated/α-hetero) is 1. The number of carbonyl (C=O) groups is 1. The summed E-state index contributed by atoms with van der Waals surface area (Å²) in [5, 5.41) is 0.530. The fourth-order valence-corrected chi connectivity index (χ4v) is 3.11. The molecule has 0 bridgehead atoms. The first-order chi connectivity index (χ1) is 10.6. The molecule has 0 aliphatic rings. The van der Waals surface area contributed by atoms with E-state index in [0.29, 0.717) is 16.2 Å². The molecule has 22 heavy (non-hydrogen) atoms. The van der Waals surface area contributed by atoms with Gasteiger partial charge in [-0.1, -0.05) is 42.1 Å². The Balaban J connectivity index is 1.92. The Kier molecular flexibility index (Phi) is 3.81. The highest BCUT2D eigenvalue weighted by Crippen LogP contribution is 2.24. The standard InChI is InChI=1S/C15H14N4O2S/c1-18-9-16-13-12(18)14(17-15(21)19(13)2)22-8-11(20)10-6-4-3-5-7-10/h3-7,9H,8H2,1-2H3. The van der Waals surface area contributed by atoms with Crippen molar-refractivity contribution in [2.24, 2.45) is 14.1 Å². The van der Waals surface area contributed by atoms with Crippen LogP contribution in [-0.4, -0.2) is 30.6 Å². The second-order valence-electron chi connectivity index (χ2n) is 4.86. The van der Waals surface area contributed by atoms with Gasteiger partial charge in [-0.25, -0.2) is 9.78 Å². The van der Waals surface area contributed by atoms with Crippen molar-refractivity contribution in [1.29, 1.82) is 0 Å². The summed E-state index contributed by atoms with van der Waals surface area (Å²) in [6.07, 6.45) is 1.63. The number of hydrogen-bond acceptors (Lipinski definition) is 5. The number of fused-ring (bicyclic) bond motifs is 1. The van der Waals surface area contributed by atoms with E-state index >= 15 is 0 Å². The summed E-state index contributed by atoms with van der Waals surface area (Å²) in [4.78, 5) is 32.3. The second-order valence-corrected chi connectivity index (χ2v) is 5.83. The zero-order valence-corrected chi connectivity index (χ0v) is 13.0. The first kappa shape index (κ1) is 14.5. The van der Waals surface area contributed by atoms with Gasteiger partial charge in [0.15, 0.2) is 11.4 Å². The maximum Gasteiger partial charge on any atom is 0.350 e. The van der Waals surface area contributed by atoms with Crippen molar-refractivity contribution < 1.29 is 4.79 Å². The Morgan fingerprint density at radius 3 is 2.68 bits per heavy atom. The fraction of sp³-hybridized carbons (Fsp3) is 0.200. The lowest BCUT2D eigenvalue weighted by atomic mass is 10.2. The molecule has 0 radical (unpaired) electrons. The van der Waals surface area contributed by atoms with E-state index in [1.165, 1.54) is 16.3 Å². The highest BCUT2D eigenvalue weighted by atomic mass is 32.2. The Morgan fingerprint density at radius 1 is 1.23 bits per heavy atom. The largest absolute Gasteiger partial charge is 0.350 e. The van der Waals surface area contributed by atoms with Gasteiger partial charge in [0.1, 0.15) is 10.5 Å². The number of ketones is 1. The van der Waals surface area contributed by atoms with E-state index in [2.05, 4.69) is 9.97 Å². The predicted molar refractivity (Wildman–Crippen MR) is 85.2 cm³/mol. The number of thioether (sulfide) groups is 1. The maximum absolute atomic E-state index is 12.2. The van der Waals surface area contributed by atoms with Crippen LogP contribution in [0, 0.1) is 0 Å². The molecule has 1 aromatic carbocycles. The van der Waals surface area contributed by atoms with E-state index in [-0.39, 0.29) is 17.2 Å². The second kappa shape index (κ2) is 5.76. The number of rotatable bonds is 4. The SMILES string of the molecule is Cn1cnc2c1c(SCC(=O)c1ccccc1)nc(=O)n2C. The summed E-state index contributed by atoms with van der Waals surface area (Å²) in [5.41, 5.74) is 1.60. The summed E-state index contributed by atoms with van der Waals surface area (Å²) in [6, 6.07) is 9.08. The van der Waals surface area contributed by atoms with E-state index in [1.54, 1.807) is 30.1 Å². The zero-order chi connectivity index (χ0) is 15.7. The smallest absolute Gasteiger partial charge is 0.330 e. The van der Waals surface area contributed by atoms with Crippen LogP contribution in [0.5, 0.6) is 0 Å². The lowest BCUT2D eigenvalue weighted by Gasteiger charge is -2.06. The molecule has 7 heteroatoms. The Morgan fingerprint density at radius 2 is 1.95 bits per heavy atom. The van der Waals surface area contributed by atoms with Crippen LogP contribution < -0.4 is 5.69 Å². The minimum atomic E-state index is -0.374. The normalized spacial score (nSPS) is 11.0. The minimum absolute atomic E-state index is 0.00314. The molecule has 0 atom stereocenters. The molecule has 0 saturated heterocycles. The van der Waals surface area contributed by atoms with Gasteiger partial charge >= 0.3 is 5.69 Å². The number of aromatic nitrogens is 4. The first-order valence-corrected chi connectivity index (χ1v) is 7.65. The monoisotopic (exact) mass is 314 g/mol. The number of carbonyl (C=O) groups excluding carboxylic acids is 1. The van der Waals surface area contributed by atoms with Crippen molar-refractivity contribution in [2.45, 2.75) is 5.03 Å². The van der Waals surface area contributed by atoms with Crippen LogP contribution >= 0.6 is 11.8 Å². The third kappa shape index (κ3) is 2.55. The van der Waals surface area contributed by atoms with Crippen molar-refractivity contribution in [3.63, 3.8) is 0 Å². The molecule has 2 aromatic heterocycles. The van der Waals surface area contributed by atoms with Gasteiger partial charge in [0.2, 0.25) is 0 Å². The van der Waals surface area contributed by atoms with E-state index in [4.69, 9.17) is 0 Å². The molecule has 0 aliphatic heterocycles. The quantitative estimate of drug-likeness (QED) is 0.416. The molecule has 6 nitrogen and oxygen atoms in total. The van der Waals surface area contributed by atoms with Crippen LogP contribution in [0.1, 0.15) is 10.4 Å². The van der Waals surface area contributed by atoms with E-state index in [1.807, 2.05) is 25.2 Å². The molecule has 0 unspecified atom stereocenters. The minimum Gasteiger partial charge on any atom is -0.330 e. The molecule has 3 rings (SSSR count). The Labute approximate surface area is 130 Å². The number of imidazole rings is 1. The van der Waals surface area contributed by atoms with Crippen LogP contribution in [0.2, 0.25) is 0 Å². The van der Waals surface area contributed by atoms with E-state index in [9.17, 15) is 9.59 Å². The van der Waals surface area contributed by atoms with Crippen LogP contribution in [0.3, 0.4) is 0 Å². The van der Waals surface area contributed by atoms with Gasteiger partial charge in [-0.05, 0) is 0 Å². The Hall–Kier alpha value is -2.41. The summed E-state index contributed by atoms with van der Waals surface area (Å²) >= 11 is 1.26. The summed E-state index contributed by atoms with van der Waals surface area (Å²) in [6.45, 7) is 0. The summed E-state index contributed by atoms with van der Waals surface area (Å²) < 4.78 is 3.20. The molecule has 0 fully saturated rings. The lowest BCUT2D eigenvalue weighted by Crippen LogP contribution is -2.21. The highest BCUT2D eigenvalue weighted by molar-refractivity contribution is 8.00. The molecule has 112 valence electrons. The molecular formula is C15H14N4O2S. The lowest BCUT2D eigenvalue weighted by molar-refractivity contribution is 0.102. The molecule has 0 saturated carbocycles. The molecule has 0 aliphatic carbocycles. The van der Waals surface area contributed by atoms with Crippen molar-refractivity contribution in [3.05, 3.63) is 52.7 Å². The molecule has 2 heterocycles. The van der Waals surface area contributed by atoms with Gasteiger partial charge in [-0.15, -0.1) is 0 Å². The van der Waals surface area contributed by atoms with E-state index < -0.39 is 0 Å². The number of hydrogen-bond donors (Lipinski definition) is 0. The van der Waals surface area contributed by atoms with Crippen molar-refractivity contribution in [1.82, 2.24) is 19.1 Å². The third-order valence-electron chi connectivity index (χ3n) is 3.36. The van der Waals surface area contributed by atoms with Gasteiger partial charge in [-0.3, -0.25) is 9.36 Å². The zero-order valence-electron chi connectivity index (χ0n) is 12.2. The van der Waals surface area contributed by atoms with Crippen LogP contribution in [-0.2, 0) is 14.1 Å². The molecule has 0 N–H and O–H groups in total. The summed E-state index contributed by atoms with van der Waals surface area (Å²) in [5.74, 6) is 0.230. The van der Waals surface area contributed by atoms with Crippen molar-refractivity contribution >= 4 is 28.7 Å². The van der Waals surface area contributed by atoms with Gasteiger partial charge in [-0.2, -0.15) is 4.98 Å². The number of nitrogens with zero attached hydrogens (tertiary/aromatic N) is 4. The number of benzene rings is 1. The van der Waals surface area contributed by atoms with Crippen molar-refractivity contribution in [3.8, 4) is 0 Å². The topological polar surface area (TPSA) is 69.8 Å². The molecule has 0 amide bonds. The van der Waals surface area contributed by atoms with Crippen LogP contribution in [0.25, 0.3) is 11.2 Å². The van der Waals surface area contributed by atoms with E-state index in [0.717, 1.165) is 5.52 Å². The van der Waals surface area contributed by atoms with Crippen LogP contribution in [0.4, 0.5) is 0 Å². The molecule has 0 spiro atoms. The number of aryl methyl sites for hydroxylation is 2. The van der Waals surface area contributed by atoms with Gasteiger partial charge in [0, 0.05) is 19.7 Å². The predicted octanol–water partition coefficient (Wildman–Crippen LogP) is 1.64. The van der Waals surface area contributed by atoms with Gasteiger partial charge in [0.25, 0.3) is 0 Å². The highest BCUT2D eigenvalue weighted by Gasteiger charge is 2.15. The average Bonchev–Trinajstić information content (AvgIpc) is 2.92. The fourth-order valence-electron chi connectivity index (χ4n) is 2.16. The molecule has 3 aromatic rings. The summed E-state index contributed by atoms with van der Waals surface area (Å²) in [7, 11) is 3.47. The van der Waals surface area contributed by atoms with Crippen molar-refractivity contribution in [2.75, 3.05) is 5.75 Å². The van der Waals surface area contributed by atoms with Gasteiger partial charge in [0.05, 0.1) is 12.1 Å². The average molecular weight is 314 g/mol. The van der Waals surface area contributed by atoms with Gasteiger partial charge < -0.3 is 4.57 Å².